The molecule has 0 aliphatic heterocycles. The van der Waals surface area contributed by atoms with Gasteiger partial charge in [-0.05, 0) is 18.2 Å². The highest BCUT2D eigenvalue weighted by molar-refractivity contribution is 6.32. The van der Waals surface area contributed by atoms with Crippen LogP contribution in [-0.2, 0) is 9.53 Å². The number of halogens is 1. The molecule has 5 nitrogen and oxygen atoms in total. The Balaban J connectivity index is 2.37. The standard InChI is InChI=1S/C11H15ClN2O3/c1-17-5-4-13-7-11(16)14-8-2-3-10(15)9(12)6-8/h2-3,6,13,15H,4-5,7H2,1H3,(H,14,16). The summed E-state index contributed by atoms with van der Waals surface area (Å²) in [5.41, 5.74) is 0.548. The minimum Gasteiger partial charge on any atom is -0.506 e. The predicted octanol–water partition coefficient (Wildman–Crippen LogP) is 1.22. The quantitative estimate of drug-likeness (QED) is 0.530. The molecule has 0 saturated carbocycles. The lowest BCUT2D eigenvalue weighted by molar-refractivity contribution is -0.115. The van der Waals surface area contributed by atoms with Gasteiger partial charge in [0.2, 0.25) is 5.91 Å². The molecular formula is C11H15ClN2O3. The van der Waals surface area contributed by atoms with Crippen LogP contribution in [-0.4, -0.2) is 37.8 Å². The summed E-state index contributed by atoms with van der Waals surface area (Å²) in [6.07, 6.45) is 0. The van der Waals surface area contributed by atoms with Crippen molar-refractivity contribution in [3.05, 3.63) is 23.2 Å². The van der Waals surface area contributed by atoms with E-state index in [1.54, 1.807) is 13.2 Å². The summed E-state index contributed by atoms with van der Waals surface area (Å²) < 4.78 is 4.83. The Kier molecular flexibility index (Phi) is 5.76. The number of rotatable bonds is 6. The molecule has 0 saturated heterocycles. The Bertz CT molecular complexity index is 385. The molecule has 0 aliphatic rings. The Morgan fingerprint density at radius 3 is 2.94 bits per heavy atom. The molecular weight excluding hydrogens is 244 g/mol. The van der Waals surface area contributed by atoms with Crippen LogP contribution >= 0.6 is 11.6 Å². The van der Waals surface area contributed by atoms with E-state index in [4.69, 9.17) is 16.3 Å². The van der Waals surface area contributed by atoms with E-state index < -0.39 is 0 Å². The molecule has 0 aliphatic carbocycles. The zero-order valence-corrected chi connectivity index (χ0v) is 10.3. The monoisotopic (exact) mass is 258 g/mol. The number of carbonyl (C=O) groups excluding carboxylic acids is 1. The van der Waals surface area contributed by atoms with Crippen LogP contribution in [0.25, 0.3) is 0 Å². The molecule has 3 N–H and O–H groups in total. The smallest absolute Gasteiger partial charge is 0.238 e. The molecule has 1 aromatic carbocycles. The number of aromatic hydroxyl groups is 1. The summed E-state index contributed by atoms with van der Waals surface area (Å²) in [7, 11) is 1.60. The summed E-state index contributed by atoms with van der Waals surface area (Å²) in [5.74, 6) is -0.189. The third-order valence-corrected chi connectivity index (χ3v) is 2.30. The predicted molar refractivity (Wildman–Crippen MR) is 66.5 cm³/mol. The third-order valence-electron chi connectivity index (χ3n) is 2.00. The molecule has 0 bridgehead atoms. The summed E-state index contributed by atoms with van der Waals surface area (Å²) in [4.78, 5) is 11.5. The van der Waals surface area contributed by atoms with E-state index in [0.29, 0.717) is 18.8 Å². The maximum Gasteiger partial charge on any atom is 0.238 e. The number of methoxy groups -OCH3 is 1. The Hall–Kier alpha value is -1.30. The van der Waals surface area contributed by atoms with Crippen molar-refractivity contribution in [1.29, 1.82) is 0 Å². The second-order valence-electron chi connectivity index (χ2n) is 3.38. The second kappa shape index (κ2) is 7.11. The number of benzene rings is 1. The molecule has 1 aromatic rings. The molecule has 0 fully saturated rings. The van der Waals surface area contributed by atoms with Crippen molar-refractivity contribution in [3.8, 4) is 5.75 Å². The summed E-state index contributed by atoms with van der Waals surface area (Å²) in [6, 6.07) is 4.49. The van der Waals surface area contributed by atoms with Crippen molar-refractivity contribution in [2.45, 2.75) is 0 Å². The number of hydrogen-bond acceptors (Lipinski definition) is 4. The number of carbonyl (C=O) groups is 1. The van der Waals surface area contributed by atoms with E-state index in [0.717, 1.165) is 0 Å². The Labute approximate surface area is 105 Å². The fourth-order valence-electron chi connectivity index (χ4n) is 1.17. The van der Waals surface area contributed by atoms with Gasteiger partial charge in [-0.2, -0.15) is 0 Å². The maximum absolute atomic E-state index is 11.5. The largest absolute Gasteiger partial charge is 0.506 e. The average Bonchev–Trinajstić information content (AvgIpc) is 2.30. The van der Waals surface area contributed by atoms with Gasteiger partial charge in [0, 0.05) is 19.3 Å². The summed E-state index contributed by atoms with van der Waals surface area (Å²) in [6.45, 7) is 1.36. The molecule has 0 atom stereocenters. The van der Waals surface area contributed by atoms with Gasteiger partial charge in [0.15, 0.2) is 0 Å². The van der Waals surface area contributed by atoms with Gasteiger partial charge in [0.1, 0.15) is 5.75 Å². The number of amides is 1. The van der Waals surface area contributed by atoms with E-state index in [1.807, 2.05) is 0 Å². The number of ether oxygens (including phenoxy) is 1. The third kappa shape index (κ3) is 5.04. The van der Waals surface area contributed by atoms with Gasteiger partial charge in [-0.3, -0.25) is 4.79 Å². The van der Waals surface area contributed by atoms with E-state index in [2.05, 4.69) is 10.6 Å². The van der Waals surface area contributed by atoms with Gasteiger partial charge in [-0.25, -0.2) is 0 Å². The first-order valence-electron chi connectivity index (χ1n) is 5.11. The lowest BCUT2D eigenvalue weighted by Crippen LogP contribution is -2.30. The van der Waals surface area contributed by atoms with Crippen LogP contribution < -0.4 is 10.6 Å². The molecule has 0 unspecified atom stereocenters. The van der Waals surface area contributed by atoms with E-state index in [1.165, 1.54) is 12.1 Å². The lowest BCUT2D eigenvalue weighted by atomic mass is 10.3. The van der Waals surface area contributed by atoms with Crippen LogP contribution in [0.4, 0.5) is 5.69 Å². The molecule has 1 rings (SSSR count). The summed E-state index contributed by atoms with van der Waals surface area (Å²) in [5, 5.41) is 15.0. The minimum absolute atomic E-state index is 0.0112. The first-order chi connectivity index (χ1) is 8.13. The summed E-state index contributed by atoms with van der Waals surface area (Å²) >= 11 is 5.71. The van der Waals surface area contributed by atoms with Crippen molar-refractivity contribution < 1.29 is 14.6 Å². The van der Waals surface area contributed by atoms with Gasteiger partial charge in [-0.1, -0.05) is 11.6 Å². The maximum atomic E-state index is 11.5. The fraction of sp³-hybridized carbons (Fsp3) is 0.364. The molecule has 94 valence electrons. The highest BCUT2D eigenvalue weighted by Gasteiger charge is 2.04. The molecule has 1 amide bonds. The number of anilines is 1. The zero-order valence-electron chi connectivity index (χ0n) is 9.50. The van der Waals surface area contributed by atoms with Crippen LogP contribution in [0.5, 0.6) is 5.75 Å². The molecule has 17 heavy (non-hydrogen) atoms. The molecule has 0 spiro atoms. The first kappa shape index (κ1) is 13.8. The number of phenolic OH excluding ortho intramolecular Hbond substituents is 1. The van der Waals surface area contributed by atoms with Crippen LogP contribution in [0.3, 0.4) is 0 Å². The Morgan fingerprint density at radius 1 is 1.53 bits per heavy atom. The SMILES string of the molecule is COCCNCC(=O)Nc1ccc(O)c(Cl)c1. The van der Waals surface area contributed by atoms with Crippen molar-refractivity contribution in [2.24, 2.45) is 0 Å². The topological polar surface area (TPSA) is 70.6 Å². The average molecular weight is 259 g/mol. The normalized spacial score (nSPS) is 10.2. The number of nitrogens with one attached hydrogen (secondary N) is 2. The molecule has 6 heteroatoms. The number of phenols is 1. The van der Waals surface area contributed by atoms with Crippen LogP contribution in [0.2, 0.25) is 5.02 Å². The Morgan fingerprint density at radius 2 is 2.29 bits per heavy atom. The van der Waals surface area contributed by atoms with E-state index in [-0.39, 0.29) is 23.2 Å². The zero-order chi connectivity index (χ0) is 12.7. The highest BCUT2D eigenvalue weighted by Crippen LogP contribution is 2.25. The van der Waals surface area contributed by atoms with Crippen molar-refractivity contribution in [1.82, 2.24) is 5.32 Å². The van der Waals surface area contributed by atoms with Gasteiger partial charge in [-0.15, -0.1) is 0 Å². The number of hydrogen-bond donors (Lipinski definition) is 3. The van der Waals surface area contributed by atoms with Crippen molar-refractivity contribution in [3.63, 3.8) is 0 Å². The van der Waals surface area contributed by atoms with Gasteiger partial charge in [0.05, 0.1) is 18.2 Å². The molecule has 0 aromatic heterocycles. The highest BCUT2D eigenvalue weighted by atomic mass is 35.5. The fourth-order valence-corrected chi connectivity index (χ4v) is 1.35. The van der Waals surface area contributed by atoms with Gasteiger partial charge >= 0.3 is 0 Å². The lowest BCUT2D eigenvalue weighted by Gasteiger charge is -2.07. The van der Waals surface area contributed by atoms with Crippen molar-refractivity contribution >= 4 is 23.2 Å². The first-order valence-corrected chi connectivity index (χ1v) is 5.49. The van der Waals surface area contributed by atoms with Crippen LogP contribution in [0.1, 0.15) is 0 Å². The molecule has 0 heterocycles. The van der Waals surface area contributed by atoms with E-state index in [9.17, 15) is 9.90 Å². The molecule has 0 radical (unpaired) electrons. The van der Waals surface area contributed by atoms with Gasteiger partial charge in [0.25, 0.3) is 0 Å². The van der Waals surface area contributed by atoms with Crippen LogP contribution in [0.15, 0.2) is 18.2 Å². The van der Waals surface area contributed by atoms with Gasteiger partial charge < -0.3 is 20.5 Å². The van der Waals surface area contributed by atoms with Crippen molar-refractivity contribution in [2.75, 3.05) is 32.1 Å². The minimum atomic E-state index is -0.178. The van der Waals surface area contributed by atoms with E-state index >= 15 is 0 Å². The second-order valence-corrected chi connectivity index (χ2v) is 3.79. The van der Waals surface area contributed by atoms with Crippen LogP contribution in [0, 0.1) is 0 Å².